The number of aromatic nitrogens is 1. The predicted molar refractivity (Wildman–Crippen MR) is 62.3 cm³/mol. The third-order valence-electron chi connectivity index (χ3n) is 2.07. The number of rotatable bonds is 4. The standard InChI is InChI=1S/C12H14N2O2/c1-4-5-8-13-11-7-6-10(9(2)14-11)12(15)16-3/h1,6-7H,5,8H2,2-3H3,(H,13,14). The number of anilines is 1. The van der Waals surface area contributed by atoms with Crippen LogP contribution >= 0.6 is 0 Å². The van der Waals surface area contributed by atoms with Gasteiger partial charge in [0.1, 0.15) is 5.82 Å². The summed E-state index contributed by atoms with van der Waals surface area (Å²) in [6.07, 6.45) is 5.77. The summed E-state index contributed by atoms with van der Waals surface area (Å²) in [7, 11) is 1.35. The Balaban J connectivity index is 2.75. The fourth-order valence-electron chi connectivity index (χ4n) is 1.25. The second kappa shape index (κ2) is 5.76. The van der Waals surface area contributed by atoms with Crippen LogP contribution in [0.3, 0.4) is 0 Å². The number of hydrogen-bond acceptors (Lipinski definition) is 4. The Morgan fingerprint density at radius 2 is 2.38 bits per heavy atom. The molecule has 1 N–H and O–H groups in total. The summed E-state index contributed by atoms with van der Waals surface area (Å²) < 4.78 is 4.63. The van der Waals surface area contributed by atoms with Crippen molar-refractivity contribution in [1.29, 1.82) is 0 Å². The highest BCUT2D eigenvalue weighted by molar-refractivity contribution is 5.90. The van der Waals surface area contributed by atoms with Crippen LogP contribution in [0.2, 0.25) is 0 Å². The van der Waals surface area contributed by atoms with Crippen molar-refractivity contribution in [3.8, 4) is 12.3 Å². The summed E-state index contributed by atoms with van der Waals surface area (Å²) in [5.74, 6) is 2.86. The van der Waals surface area contributed by atoms with Crippen molar-refractivity contribution < 1.29 is 9.53 Å². The molecule has 16 heavy (non-hydrogen) atoms. The summed E-state index contributed by atoms with van der Waals surface area (Å²) in [5.41, 5.74) is 1.11. The smallest absolute Gasteiger partial charge is 0.339 e. The molecule has 84 valence electrons. The van der Waals surface area contributed by atoms with Gasteiger partial charge in [-0.1, -0.05) is 0 Å². The fraction of sp³-hybridized carbons (Fsp3) is 0.333. The number of methoxy groups -OCH3 is 1. The van der Waals surface area contributed by atoms with Crippen molar-refractivity contribution in [3.63, 3.8) is 0 Å². The molecule has 0 amide bonds. The number of carbonyl (C=O) groups excluding carboxylic acids is 1. The van der Waals surface area contributed by atoms with Gasteiger partial charge in [-0.05, 0) is 19.1 Å². The van der Waals surface area contributed by atoms with Crippen molar-refractivity contribution in [1.82, 2.24) is 4.98 Å². The van der Waals surface area contributed by atoms with Crippen LogP contribution in [0, 0.1) is 19.3 Å². The largest absolute Gasteiger partial charge is 0.465 e. The highest BCUT2D eigenvalue weighted by atomic mass is 16.5. The molecule has 1 rings (SSSR count). The Morgan fingerprint density at radius 1 is 1.62 bits per heavy atom. The van der Waals surface area contributed by atoms with Crippen LogP contribution in [0.15, 0.2) is 12.1 Å². The van der Waals surface area contributed by atoms with Crippen molar-refractivity contribution in [2.24, 2.45) is 0 Å². The van der Waals surface area contributed by atoms with E-state index in [0.717, 1.165) is 0 Å². The van der Waals surface area contributed by atoms with Crippen LogP contribution in [-0.4, -0.2) is 24.6 Å². The van der Waals surface area contributed by atoms with Crippen LogP contribution in [-0.2, 0) is 4.74 Å². The van der Waals surface area contributed by atoms with Gasteiger partial charge in [-0.2, -0.15) is 0 Å². The molecule has 0 aliphatic rings. The second-order valence-electron chi connectivity index (χ2n) is 3.20. The molecule has 1 heterocycles. The van der Waals surface area contributed by atoms with Crippen LogP contribution in [0.25, 0.3) is 0 Å². The minimum Gasteiger partial charge on any atom is -0.465 e. The highest BCUT2D eigenvalue weighted by Crippen LogP contribution is 2.11. The molecular weight excluding hydrogens is 204 g/mol. The molecule has 0 saturated heterocycles. The van der Waals surface area contributed by atoms with E-state index < -0.39 is 0 Å². The predicted octanol–water partition coefficient (Wildman–Crippen LogP) is 1.61. The van der Waals surface area contributed by atoms with Gasteiger partial charge in [0.2, 0.25) is 0 Å². The number of aryl methyl sites for hydroxylation is 1. The lowest BCUT2D eigenvalue weighted by molar-refractivity contribution is 0.0599. The summed E-state index contributed by atoms with van der Waals surface area (Å²) in [5, 5.41) is 3.06. The lowest BCUT2D eigenvalue weighted by Gasteiger charge is -2.07. The van der Waals surface area contributed by atoms with E-state index in [1.165, 1.54) is 7.11 Å². The molecule has 0 radical (unpaired) electrons. The zero-order valence-electron chi connectivity index (χ0n) is 9.41. The molecule has 0 unspecified atom stereocenters. The maximum atomic E-state index is 11.3. The van der Waals surface area contributed by atoms with Gasteiger partial charge in [-0.3, -0.25) is 0 Å². The van der Waals surface area contributed by atoms with E-state index in [1.54, 1.807) is 19.1 Å². The maximum Gasteiger partial charge on any atom is 0.339 e. The average Bonchev–Trinajstić information content (AvgIpc) is 2.29. The molecule has 0 aliphatic carbocycles. The molecule has 0 aliphatic heterocycles. The Labute approximate surface area is 95.0 Å². The SMILES string of the molecule is C#CCCNc1ccc(C(=O)OC)c(C)n1. The molecule has 1 aromatic heterocycles. The summed E-state index contributed by atoms with van der Waals surface area (Å²) in [6, 6.07) is 3.42. The van der Waals surface area contributed by atoms with E-state index in [-0.39, 0.29) is 5.97 Å². The zero-order chi connectivity index (χ0) is 12.0. The average molecular weight is 218 g/mol. The van der Waals surface area contributed by atoms with Gasteiger partial charge in [0, 0.05) is 13.0 Å². The first-order chi connectivity index (χ1) is 7.69. The number of pyridine rings is 1. The quantitative estimate of drug-likeness (QED) is 0.474. The van der Waals surface area contributed by atoms with Gasteiger partial charge in [-0.25, -0.2) is 9.78 Å². The number of terminal acetylenes is 1. The fourth-order valence-corrected chi connectivity index (χ4v) is 1.25. The third kappa shape index (κ3) is 2.99. The van der Waals surface area contributed by atoms with Gasteiger partial charge in [0.05, 0.1) is 18.4 Å². The van der Waals surface area contributed by atoms with Gasteiger partial charge in [0.15, 0.2) is 0 Å². The third-order valence-corrected chi connectivity index (χ3v) is 2.07. The minimum atomic E-state index is -0.375. The molecule has 4 nitrogen and oxygen atoms in total. The maximum absolute atomic E-state index is 11.3. The Kier molecular flexibility index (Phi) is 4.34. The lowest BCUT2D eigenvalue weighted by atomic mass is 10.2. The molecule has 0 spiro atoms. The highest BCUT2D eigenvalue weighted by Gasteiger charge is 2.10. The number of nitrogens with zero attached hydrogens (tertiary/aromatic N) is 1. The van der Waals surface area contributed by atoms with Crippen molar-refractivity contribution in [3.05, 3.63) is 23.4 Å². The summed E-state index contributed by atoms with van der Waals surface area (Å²) in [6.45, 7) is 2.43. The van der Waals surface area contributed by atoms with Crippen molar-refractivity contribution >= 4 is 11.8 Å². The van der Waals surface area contributed by atoms with E-state index >= 15 is 0 Å². The van der Waals surface area contributed by atoms with Crippen molar-refractivity contribution in [2.45, 2.75) is 13.3 Å². The normalized spacial score (nSPS) is 9.31. The Bertz CT molecular complexity index is 422. The number of carbonyl (C=O) groups is 1. The molecular formula is C12H14N2O2. The molecule has 4 heteroatoms. The molecule has 0 bridgehead atoms. The minimum absolute atomic E-state index is 0.375. The molecule has 0 saturated carbocycles. The van der Waals surface area contributed by atoms with Gasteiger partial charge in [0.25, 0.3) is 0 Å². The Hall–Kier alpha value is -2.02. The van der Waals surface area contributed by atoms with Crippen LogP contribution in [0.1, 0.15) is 22.5 Å². The molecule has 0 aromatic carbocycles. The van der Waals surface area contributed by atoms with E-state index in [4.69, 9.17) is 6.42 Å². The molecule has 0 atom stereocenters. The van der Waals surface area contributed by atoms with E-state index in [9.17, 15) is 4.79 Å². The monoisotopic (exact) mass is 218 g/mol. The number of nitrogens with one attached hydrogen (secondary N) is 1. The number of ether oxygens (including phenoxy) is 1. The van der Waals surface area contributed by atoms with E-state index in [2.05, 4.69) is 21.0 Å². The first-order valence-corrected chi connectivity index (χ1v) is 4.92. The molecule has 1 aromatic rings. The second-order valence-corrected chi connectivity index (χ2v) is 3.20. The number of esters is 1. The van der Waals surface area contributed by atoms with E-state index in [0.29, 0.717) is 30.0 Å². The van der Waals surface area contributed by atoms with Gasteiger partial charge < -0.3 is 10.1 Å². The summed E-state index contributed by atoms with van der Waals surface area (Å²) >= 11 is 0. The summed E-state index contributed by atoms with van der Waals surface area (Å²) in [4.78, 5) is 15.5. The molecule has 0 fully saturated rings. The topological polar surface area (TPSA) is 51.2 Å². The van der Waals surface area contributed by atoms with Gasteiger partial charge >= 0.3 is 5.97 Å². The van der Waals surface area contributed by atoms with Gasteiger partial charge in [-0.15, -0.1) is 12.3 Å². The zero-order valence-corrected chi connectivity index (χ0v) is 9.41. The van der Waals surface area contributed by atoms with Crippen LogP contribution < -0.4 is 5.32 Å². The van der Waals surface area contributed by atoms with Crippen LogP contribution in [0.5, 0.6) is 0 Å². The lowest BCUT2D eigenvalue weighted by Crippen LogP contribution is -2.08. The first-order valence-electron chi connectivity index (χ1n) is 4.92. The Morgan fingerprint density at radius 3 is 2.94 bits per heavy atom. The van der Waals surface area contributed by atoms with Crippen molar-refractivity contribution in [2.75, 3.05) is 19.0 Å². The van der Waals surface area contributed by atoms with Crippen LogP contribution in [0.4, 0.5) is 5.82 Å². The first kappa shape index (κ1) is 12.1. The van der Waals surface area contributed by atoms with E-state index in [1.807, 2.05) is 0 Å². The number of hydrogen-bond donors (Lipinski definition) is 1.